The fourth-order valence-corrected chi connectivity index (χ4v) is 4.57. The number of aromatic nitrogens is 3. The van der Waals surface area contributed by atoms with Crippen LogP contribution < -0.4 is 0 Å². The molecule has 3 aromatic heterocycles. The second-order valence-electron chi connectivity index (χ2n) is 7.04. The van der Waals surface area contributed by atoms with Crippen LogP contribution in [0.4, 0.5) is 4.39 Å². The molecule has 0 saturated carbocycles. The fourth-order valence-electron chi connectivity index (χ4n) is 3.38. The highest BCUT2D eigenvalue weighted by Crippen LogP contribution is 2.25. The van der Waals surface area contributed by atoms with Crippen LogP contribution in [0.1, 0.15) is 17.0 Å². The summed E-state index contributed by atoms with van der Waals surface area (Å²) in [6.45, 7) is 3.56. The lowest BCUT2D eigenvalue weighted by Crippen LogP contribution is -2.23. The summed E-state index contributed by atoms with van der Waals surface area (Å²) >= 11 is 0. The molecular weight excluding hydrogens is 417 g/mol. The number of sulfonamides is 1. The number of imidazole rings is 1. The van der Waals surface area contributed by atoms with E-state index >= 15 is 0 Å². The molecule has 1 aromatic carbocycles. The van der Waals surface area contributed by atoms with Gasteiger partial charge in [0.2, 0.25) is 0 Å². The van der Waals surface area contributed by atoms with Crippen LogP contribution >= 0.6 is 0 Å². The standard InChI is InChI=1S/C22H20FN5O2S/c1-15-6-7-18(23)11-21(15)31(29,30)27(3)26-14-19-13-25-22-9-8-20(16(2)28(19)22)17-5-4-10-24-12-17/h4-14H,1-3H3. The molecule has 0 amide bonds. The number of hydrazone groups is 1. The number of fused-ring (bicyclic) bond motifs is 1. The summed E-state index contributed by atoms with van der Waals surface area (Å²) < 4.78 is 42.0. The van der Waals surface area contributed by atoms with Crippen LogP contribution in [0.2, 0.25) is 0 Å². The first kappa shape index (κ1) is 20.7. The molecule has 9 heteroatoms. The van der Waals surface area contributed by atoms with Gasteiger partial charge in [-0.3, -0.25) is 9.38 Å². The highest BCUT2D eigenvalue weighted by Gasteiger charge is 2.22. The Kier molecular flexibility index (Phi) is 5.28. The number of nitrogens with zero attached hydrogens (tertiary/aromatic N) is 5. The van der Waals surface area contributed by atoms with Gasteiger partial charge in [0.15, 0.2) is 0 Å². The second kappa shape index (κ2) is 7.92. The van der Waals surface area contributed by atoms with E-state index in [-0.39, 0.29) is 4.90 Å². The summed E-state index contributed by atoms with van der Waals surface area (Å²) in [7, 11) is -2.69. The molecule has 0 unspecified atom stereocenters. The van der Waals surface area contributed by atoms with E-state index in [1.54, 1.807) is 25.5 Å². The Hall–Kier alpha value is -3.59. The normalized spacial score (nSPS) is 12.0. The van der Waals surface area contributed by atoms with Crippen molar-refractivity contribution in [2.75, 3.05) is 7.05 Å². The first-order valence-electron chi connectivity index (χ1n) is 9.45. The molecule has 0 radical (unpaired) electrons. The molecule has 0 aliphatic carbocycles. The van der Waals surface area contributed by atoms with E-state index in [0.29, 0.717) is 16.9 Å². The predicted molar refractivity (Wildman–Crippen MR) is 117 cm³/mol. The lowest BCUT2D eigenvalue weighted by atomic mass is 10.1. The number of aryl methyl sites for hydroxylation is 2. The van der Waals surface area contributed by atoms with Crippen LogP contribution in [-0.2, 0) is 10.0 Å². The van der Waals surface area contributed by atoms with Crippen LogP contribution in [0, 0.1) is 19.7 Å². The smallest absolute Gasteiger partial charge is 0.279 e. The summed E-state index contributed by atoms with van der Waals surface area (Å²) in [5.74, 6) is -0.623. The van der Waals surface area contributed by atoms with Gasteiger partial charge in [-0.2, -0.15) is 17.9 Å². The highest BCUT2D eigenvalue weighted by molar-refractivity contribution is 7.89. The molecular formula is C22H20FN5O2S. The molecule has 0 atom stereocenters. The van der Waals surface area contributed by atoms with Crippen molar-refractivity contribution in [3.63, 3.8) is 0 Å². The van der Waals surface area contributed by atoms with Gasteiger partial charge >= 0.3 is 0 Å². The molecule has 7 nitrogen and oxygen atoms in total. The second-order valence-corrected chi connectivity index (χ2v) is 8.96. The Morgan fingerprint density at radius 2 is 1.94 bits per heavy atom. The molecule has 0 aliphatic rings. The lowest BCUT2D eigenvalue weighted by Gasteiger charge is -2.15. The minimum Gasteiger partial charge on any atom is -0.295 e. The van der Waals surface area contributed by atoms with E-state index in [2.05, 4.69) is 15.1 Å². The van der Waals surface area contributed by atoms with Crippen molar-refractivity contribution in [1.29, 1.82) is 0 Å². The molecule has 0 N–H and O–H groups in total. The van der Waals surface area contributed by atoms with Gasteiger partial charge in [0.05, 0.1) is 23.0 Å². The number of halogens is 1. The zero-order valence-electron chi connectivity index (χ0n) is 17.2. The zero-order chi connectivity index (χ0) is 22.2. The third-order valence-electron chi connectivity index (χ3n) is 5.04. The summed E-state index contributed by atoms with van der Waals surface area (Å²) in [4.78, 5) is 8.42. The SMILES string of the molecule is Cc1ccc(F)cc1S(=O)(=O)N(C)N=Cc1cnc2ccc(-c3cccnc3)c(C)n12. The number of hydrogen-bond acceptors (Lipinski definition) is 5. The lowest BCUT2D eigenvalue weighted by molar-refractivity contribution is 0.489. The Labute approximate surface area is 179 Å². The van der Waals surface area contributed by atoms with Gasteiger partial charge in [-0.05, 0) is 49.7 Å². The minimum absolute atomic E-state index is 0.125. The van der Waals surface area contributed by atoms with E-state index < -0.39 is 15.8 Å². The highest BCUT2D eigenvalue weighted by atomic mass is 32.2. The van der Waals surface area contributed by atoms with Crippen LogP contribution in [0.3, 0.4) is 0 Å². The van der Waals surface area contributed by atoms with Gasteiger partial charge < -0.3 is 0 Å². The van der Waals surface area contributed by atoms with Crippen molar-refractivity contribution >= 4 is 21.9 Å². The summed E-state index contributed by atoms with van der Waals surface area (Å²) in [5.41, 5.74) is 4.60. The van der Waals surface area contributed by atoms with Gasteiger partial charge in [-0.1, -0.05) is 12.1 Å². The van der Waals surface area contributed by atoms with Crippen molar-refractivity contribution in [2.24, 2.45) is 5.10 Å². The molecule has 0 saturated heterocycles. The van der Waals surface area contributed by atoms with E-state index in [1.165, 1.54) is 25.4 Å². The average Bonchev–Trinajstić information content (AvgIpc) is 3.18. The molecule has 31 heavy (non-hydrogen) atoms. The number of rotatable bonds is 5. The summed E-state index contributed by atoms with van der Waals surface area (Å²) in [5, 5.41) is 4.10. The van der Waals surface area contributed by atoms with E-state index in [1.807, 2.05) is 35.6 Å². The van der Waals surface area contributed by atoms with Crippen LogP contribution in [0.5, 0.6) is 0 Å². The maximum absolute atomic E-state index is 13.6. The first-order chi connectivity index (χ1) is 14.8. The number of benzene rings is 1. The summed E-state index contributed by atoms with van der Waals surface area (Å²) in [6, 6.07) is 11.3. The van der Waals surface area contributed by atoms with E-state index in [0.717, 1.165) is 27.3 Å². The largest absolute Gasteiger partial charge is 0.295 e. The summed E-state index contributed by atoms with van der Waals surface area (Å²) in [6.07, 6.45) is 6.53. The minimum atomic E-state index is -4.00. The maximum Gasteiger partial charge on any atom is 0.279 e. The predicted octanol–water partition coefficient (Wildman–Crippen LogP) is 3.81. The zero-order valence-corrected chi connectivity index (χ0v) is 18.0. The quantitative estimate of drug-likeness (QED) is 0.351. The van der Waals surface area contributed by atoms with Crippen molar-refractivity contribution in [1.82, 2.24) is 18.8 Å². The average molecular weight is 438 g/mol. The Balaban J connectivity index is 1.72. The molecule has 4 aromatic rings. The topological polar surface area (TPSA) is 79.9 Å². The van der Waals surface area contributed by atoms with Gasteiger partial charge in [0, 0.05) is 36.3 Å². The fraction of sp³-hybridized carbons (Fsp3) is 0.136. The number of hydrogen-bond donors (Lipinski definition) is 0. The molecule has 0 spiro atoms. The van der Waals surface area contributed by atoms with Crippen molar-refractivity contribution in [3.8, 4) is 11.1 Å². The van der Waals surface area contributed by atoms with Gasteiger partial charge in [-0.15, -0.1) is 0 Å². The Morgan fingerprint density at radius 1 is 1.13 bits per heavy atom. The molecule has 4 rings (SSSR count). The Morgan fingerprint density at radius 3 is 2.68 bits per heavy atom. The molecule has 3 heterocycles. The van der Waals surface area contributed by atoms with Gasteiger partial charge in [0.1, 0.15) is 11.5 Å². The van der Waals surface area contributed by atoms with Crippen LogP contribution in [-0.4, -0.2) is 40.5 Å². The number of pyridine rings is 2. The first-order valence-corrected chi connectivity index (χ1v) is 10.9. The van der Waals surface area contributed by atoms with Gasteiger partial charge in [0.25, 0.3) is 10.0 Å². The van der Waals surface area contributed by atoms with E-state index in [9.17, 15) is 12.8 Å². The molecule has 158 valence electrons. The van der Waals surface area contributed by atoms with Crippen molar-refractivity contribution in [2.45, 2.75) is 18.7 Å². The van der Waals surface area contributed by atoms with E-state index in [4.69, 9.17) is 0 Å². The maximum atomic E-state index is 13.6. The van der Waals surface area contributed by atoms with Crippen molar-refractivity contribution in [3.05, 3.63) is 83.8 Å². The Bertz CT molecular complexity index is 1400. The van der Waals surface area contributed by atoms with Crippen LogP contribution in [0.15, 0.2) is 71.1 Å². The third kappa shape index (κ3) is 3.79. The third-order valence-corrected chi connectivity index (χ3v) is 6.83. The van der Waals surface area contributed by atoms with Crippen LogP contribution in [0.25, 0.3) is 16.8 Å². The molecule has 0 aliphatic heterocycles. The van der Waals surface area contributed by atoms with Gasteiger partial charge in [-0.25, -0.2) is 9.37 Å². The van der Waals surface area contributed by atoms with Crippen molar-refractivity contribution < 1.29 is 12.8 Å². The molecule has 0 bridgehead atoms. The monoisotopic (exact) mass is 437 g/mol. The molecule has 0 fully saturated rings.